The van der Waals surface area contributed by atoms with E-state index in [0.29, 0.717) is 0 Å². The molecule has 19 heavy (non-hydrogen) atoms. The molecule has 0 saturated carbocycles. The first-order valence-corrected chi connectivity index (χ1v) is 7.44. The van der Waals surface area contributed by atoms with Crippen LogP contribution in [0.2, 0.25) is 0 Å². The maximum Gasteiger partial charge on any atom is 0.495 e. The summed E-state index contributed by atoms with van der Waals surface area (Å²) in [7, 11) is -0.281. The SMILES string of the molecule is CC1(C)OB(c2cc(Br)cc3c2CC=C3)OC1(C)C. The Labute approximate surface area is 123 Å². The summed E-state index contributed by atoms with van der Waals surface area (Å²) in [6.45, 7) is 8.35. The second kappa shape index (κ2) is 4.21. The molecule has 100 valence electrons. The zero-order valence-electron chi connectivity index (χ0n) is 11.8. The highest BCUT2D eigenvalue weighted by molar-refractivity contribution is 9.10. The summed E-state index contributed by atoms with van der Waals surface area (Å²) in [5, 5.41) is 0. The highest BCUT2D eigenvalue weighted by atomic mass is 79.9. The number of benzene rings is 1. The molecule has 1 aliphatic carbocycles. The van der Waals surface area contributed by atoms with Crippen LogP contribution in [0.4, 0.5) is 0 Å². The van der Waals surface area contributed by atoms with Gasteiger partial charge in [0.15, 0.2) is 0 Å². The fraction of sp³-hybridized carbons (Fsp3) is 0.467. The molecule has 0 amide bonds. The highest BCUT2D eigenvalue weighted by Crippen LogP contribution is 2.37. The van der Waals surface area contributed by atoms with Gasteiger partial charge in [0.2, 0.25) is 0 Å². The maximum atomic E-state index is 6.16. The van der Waals surface area contributed by atoms with Crippen LogP contribution in [0.25, 0.3) is 6.08 Å². The lowest BCUT2D eigenvalue weighted by Crippen LogP contribution is -2.41. The van der Waals surface area contributed by atoms with E-state index < -0.39 is 0 Å². The van der Waals surface area contributed by atoms with E-state index in [4.69, 9.17) is 9.31 Å². The Bertz CT molecular complexity index is 548. The van der Waals surface area contributed by atoms with E-state index in [2.05, 4.69) is 67.9 Å². The molecule has 1 fully saturated rings. The highest BCUT2D eigenvalue weighted by Gasteiger charge is 2.52. The van der Waals surface area contributed by atoms with Crippen molar-refractivity contribution in [1.29, 1.82) is 0 Å². The Morgan fingerprint density at radius 3 is 2.37 bits per heavy atom. The van der Waals surface area contributed by atoms with Crippen molar-refractivity contribution in [1.82, 2.24) is 0 Å². The summed E-state index contributed by atoms with van der Waals surface area (Å²) in [6, 6.07) is 4.27. The zero-order valence-corrected chi connectivity index (χ0v) is 13.4. The molecular weight excluding hydrogens is 303 g/mol. The van der Waals surface area contributed by atoms with Gasteiger partial charge in [0.25, 0.3) is 0 Å². The van der Waals surface area contributed by atoms with Crippen molar-refractivity contribution in [3.05, 3.63) is 33.8 Å². The third kappa shape index (κ3) is 2.10. The fourth-order valence-corrected chi connectivity index (χ4v) is 3.04. The molecule has 0 atom stereocenters. The molecule has 1 aromatic carbocycles. The predicted molar refractivity (Wildman–Crippen MR) is 82.6 cm³/mol. The normalized spacial score (nSPS) is 22.9. The van der Waals surface area contributed by atoms with Crippen molar-refractivity contribution in [2.24, 2.45) is 0 Å². The number of allylic oxidation sites excluding steroid dienone is 1. The van der Waals surface area contributed by atoms with Crippen LogP contribution >= 0.6 is 15.9 Å². The second-order valence-electron chi connectivity index (χ2n) is 6.26. The van der Waals surface area contributed by atoms with Crippen LogP contribution in [-0.4, -0.2) is 18.3 Å². The summed E-state index contributed by atoms with van der Waals surface area (Å²) in [5.41, 5.74) is 3.14. The van der Waals surface area contributed by atoms with E-state index in [9.17, 15) is 0 Å². The lowest BCUT2D eigenvalue weighted by molar-refractivity contribution is 0.00578. The molecule has 0 spiro atoms. The van der Waals surface area contributed by atoms with Crippen LogP contribution in [0.5, 0.6) is 0 Å². The molecule has 0 radical (unpaired) electrons. The van der Waals surface area contributed by atoms with Gasteiger partial charge in [0.1, 0.15) is 0 Å². The number of rotatable bonds is 1. The minimum absolute atomic E-state index is 0.281. The molecule has 4 heteroatoms. The van der Waals surface area contributed by atoms with E-state index in [1.807, 2.05) is 0 Å². The van der Waals surface area contributed by atoms with Crippen molar-refractivity contribution in [2.75, 3.05) is 0 Å². The number of halogens is 1. The first kappa shape index (κ1) is 13.4. The summed E-state index contributed by atoms with van der Waals surface area (Å²) < 4.78 is 13.4. The Morgan fingerprint density at radius 1 is 1.11 bits per heavy atom. The first-order chi connectivity index (χ1) is 8.80. The largest absolute Gasteiger partial charge is 0.495 e. The van der Waals surface area contributed by atoms with Gasteiger partial charge in [-0.3, -0.25) is 0 Å². The third-order valence-corrected chi connectivity index (χ3v) is 4.87. The zero-order chi connectivity index (χ0) is 13.8. The molecule has 3 rings (SSSR count). The van der Waals surface area contributed by atoms with Gasteiger partial charge in [-0.25, -0.2) is 0 Å². The third-order valence-electron chi connectivity index (χ3n) is 4.41. The van der Waals surface area contributed by atoms with Crippen LogP contribution in [0.3, 0.4) is 0 Å². The summed E-state index contributed by atoms with van der Waals surface area (Å²) in [5.74, 6) is 0. The lowest BCUT2D eigenvalue weighted by Gasteiger charge is -2.32. The Morgan fingerprint density at radius 2 is 1.74 bits per heavy atom. The van der Waals surface area contributed by atoms with Crippen LogP contribution in [-0.2, 0) is 15.7 Å². The summed E-state index contributed by atoms with van der Waals surface area (Å²) >= 11 is 3.57. The second-order valence-corrected chi connectivity index (χ2v) is 7.17. The van der Waals surface area contributed by atoms with Gasteiger partial charge in [-0.15, -0.1) is 0 Å². The molecule has 2 nitrogen and oxygen atoms in total. The van der Waals surface area contributed by atoms with Gasteiger partial charge < -0.3 is 9.31 Å². The van der Waals surface area contributed by atoms with Gasteiger partial charge in [-0.1, -0.05) is 28.1 Å². The molecule has 0 N–H and O–H groups in total. The van der Waals surface area contributed by atoms with E-state index in [0.717, 1.165) is 16.4 Å². The molecule has 0 bridgehead atoms. The topological polar surface area (TPSA) is 18.5 Å². The summed E-state index contributed by atoms with van der Waals surface area (Å²) in [4.78, 5) is 0. The van der Waals surface area contributed by atoms with Crippen molar-refractivity contribution < 1.29 is 9.31 Å². The van der Waals surface area contributed by atoms with E-state index >= 15 is 0 Å². The first-order valence-electron chi connectivity index (χ1n) is 6.65. The lowest BCUT2D eigenvalue weighted by atomic mass is 9.75. The van der Waals surface area contributed by atoms with Gasteiger partial charge in [0, 0.05) is 4.47 Å². The summed E-state index contributed by atoms with van der Waals surface area (Å²) in [6.07, 6.45) is 5.31. The van der Waals surface area contributed by atoms with Crippen LogP contribution in [0.1, 0.15) is 38.8 Å². The molecule has 1 saturated heterocycles. The fourth-order valence-electron chi connectivity index (χ4n) is 2.55. The average Bonchev–Trinajstić information content (AvgIpc) is 2.80. The van der Waals surface area contributed by atoms with Crippen LogP contribution in [0, 0.1) is 0 Å². The predicted octanol–water partition coefficient (Wildman–Crippen LogP) is 3.32. The minimum atomic E-state index is -0.293. The van der Waals surface area contributed by atoms with Gasteiger partial charge in [-0.05, 0) is 62.8 Å². The molecule has 0 unspecified atom stereocenters. The van der Waals surface area contributed by atoms with Crippen molar-refractivity contribution in [3.63, 3.8) is 0 Å². The number of hydrogen-bond acceptors (Lipinski definition) is 2. The Balaban J connectivity index is 2.02. The Kier molecular flexibility index (Phi) is 2.97. The van der Waals surface area contributed by atoms with Crippen LogP contribution in [0.15, 0.2) is 22.7 Å². The van der Waals surface area contributed by atoms with Crippen molar-refractivity contribution in [3.8, 4) is 0 Å². The van der Waals surface area contributed by atoms with Gasteiger partial charge >= 0.3 is 7.12 Å². The molecule has 0 aromatic heterocycles. The standard InChI is InChI=1S/C15H18BBrO2/c1-14(2)15(3,4)19-16(18-14)13-9-11(17)8-10-6-5-7-12(10)13/h5-6,8-9H,7H2,1-4H3. The smallest absolute Gasteiger partial charge is 0.399 e. The minimum Gasteiger partial charge on any atom is -0.399 e. The van der Waals surface area contributed by atoms with Gasteiger partial charge in [0.05, 0.1) is 11.2 Å². The molecule has 1 aromatic rings. The molecule has 1 aliphatic heterocycles. The van der Waals surface area contributed by atoms with E-state index in [1.54, 1.807) is 0 Å². The monoisotopic (exact) mass is 320 g/mol. The number of fused-ring (bicyclic) bond motifs is 1. The molecular formula is C15H18BBrO2. The molecule has 2 aliphatic rings. The quantitative estimate of drug-likeness (QED) is 0.739. The average molecular weight is 321 g/mol. The molecule has 1 heterocycles. The van der Waals surface area contributed by atoms with E-state index in [-0.39, 0.29) is 18.3 Å². The Hall–Kier alpha value is -0.575. The van der Waals surface area contributed by atoms with Crippen molar-refractivity contribution >= 4 is 34.6 Å². The van der Waals surface area contributed by atoms with Crippen molar-refractivity contribution in [2.45, 2.75) is 45.3 Å². The maximum absolute atomic E-state index is 6.16. The van der Waals surface area contributed by atoms with Gasteiger partial charge in [-0.2, -0.15) is 0 Å². The van der Waals surface area contributed by atoms with E-state index in [1.165, 1.54) is 11.1 Å². The number of hydrogen-bond donors (Lipinski definition) is 0. The van der Waals surface area contributed by atoms with Crippen LogP contribution < -0.4 is 5.46 Å².